The number of Topliss-reactive ketones (excluding diaryl/α,β-unsaturated/α-hetero) is 1. The average molecular weight is 478 g/mol. The van der Waals surface area contributed by atoms with Crippen molar-refractivity contribution in [2.75, 3.05) is 11.6 Å². The highest BCUT2D eigenvalue weighted by Crippen LogP contribution is 2.39. The van der Waals surface area contributed by atoms with Gasteiger partial charge in [0, 0.05) is 36.3 Å². The number of benzene rings is 1. The zero-order valence-electron chi connectivity index (χ0n) is 19.7. The number of rotatable bonds is 7. The SMILES string of the molecule is CC1=Nc2c(Nc3ccc(-c4cc(C)c(C)o4)cc3S(C)(=O)=O)cc(CC(=O)C3CC3)nc2C1. The summed E-state index contributed by atoms with van der Waals surface area (Å²) in [6.45, 7) is 5.77. The fourth-order valence-electron chi connectivity index (χ4n) is 4.23. The summed E-state index contributed by atoms with van der Waals surface area (Å²) in [5, 5.41) is 3.29. The number of nitrogens with one attached hydrogen (secondary N) is 1. The molecule has 0 spiro atoms. The van der Waals surface area contributed by atoms with Gasteiger partial charge in [-0.2, -0.15) is 0 Å². The first kappa shape index (κ1) is 22.5. The number of hydrogen-bond donors (Lipinski definition) is 1. The van der Waals surface area contributed by atoms with E-state index in [2.05, 4.69) is 15.3 Å². The van der Waals surface area contributed by atoms with Crippen molar-refractivity contribution in [2.45, 2.75) is 51.3 Å². The zero-order chi connectivity index (χ0) is 24.2. The molecule has 0 saturated heterocycles. The van der Waals surface area contributed by atoms with Gasteiger partial charge in [-0.15, -0.1) is 0 Å². The topological polar surface area (TPSA) is 102 Å². The van der Waals surface area contributed by atoms with Crippen LogP contribution in [0.25, 0.3) is 11.3 Å². The Morgan fingerprint density at radius 2 is 1.88 bits per heavy atom. The predicted octanol–water partition coefficient (Wildman–Crippen LogP) is 5.28. The normalized spacial score (nSPS) is 15.2. The molecule has 176 valence electrons. The van der Waals surface area contributed by atoms with Crippen molar-refractivity contribution < 1.29 is 17.6 Å². The van der Waals surface area contributed by atoms with E-state index in [0.717, 1.165) is 35.6 Å². The first-order chi connectivity index (χ1) is 16.1. The van der Waals surface area contributed by atoms with Crippen LogP contribution in [0.2, 0.25) is 0 Å². The molecule has 0 atom stereocenters. The highest BCUT2D eigenvalue weighted by molar-refractivity contribution is 7.90. The molecular formula is C26H27N3O4S. The third-order valence-corrected chi connectivity index (χ3v) is 7.47. The lowest BCUT2D eigenvalue weighted by Crippen LogP contribution is -2.09. The van der Waals surface area contributed by atoms with Gasteiger partial charge in [-0.3, -0.25) is 14.8 Å². The van der Waals surface area contributed by atoms with Crippen LogP contribution in [0, 0.1) is 19.8 Å². The molecule has 1 aliphatic heterocycles. The highest BCUT2D eigenvalue weighted by atomic mass is 32.2. The molecule has 7 nitrogen and oxygen atoms in total. The van der Waals surface area contributed by atoms with E-state index in [9.17, 15) is 13.2 Å². The first-order valence-corrected chi connectivity index (χ1v) is 13.3. The molecule has 3 aromatic rings. The number of aliphatic imine (C=N–C) groups is 1. The second-order valence-electron chi connectivity index (χ2n) is 9.36. The maximum atomic E-state index is 12.7. The van der Waals surface area contributed by atoms with Gasteiger partial charge in [-0.05, 0) is 69.5 Å². The molecule has 0 amide bonds. The van der Waals surface area contributed by atoms with Gasteiger partial charge in [0.15, 0.2) is 9.84 Å². The van der Waals surface area contributed by atoms with E-state index >= 15 is 0 Å². The summed E-state index contributed by atoms with van der Waals surface area (Å²) in [5.74, 6) is 1.78. The van der Waals surface area contributed by atoms with Gasteiger partial charge in [-0.1, -0.05) is 0 Å². The molecule has 1 fully saturated rings. The third kappa shape index (κ3) is 4.42. The monoisotopic (exact) mass is 477 g/mol. The molecule has 8 heteroatoms. The van der Waals surface area contributed by atoms with Crippen LogP contribution in [0.1, 0.15) is 42.5 Å². The van der Waals surface area contributed by atoms with Crippen molar-refractivity contribution in [1.82, 2.24) is 4.98 Å². The molecular weight excluding hydrogens is 450 g/mol. The molecule has 0 radical (unpaired) electrons. The van der Waals surface area contributed by atoms with Crippen molar-refractivity contribution in [3.63, 3.8) is 0 Å². The molecule has 1 aromatic carbocycles. The smallest absolute Gasteiger partial charge is 0.177 e. The largest absolute Gasteiger partial charge is 0.461 e. The summed E-state index contributed by atoms with van der Waals surface area (Å²) in [7, 11) is -3.55. The minimum Gasteiger partial charge on any atom is -0.461 e. The summed E-state index contributed by atoms with van der Waals surface area (Å²) in [6, 6.07) is 8.93. The number of aryl methyl sites for hydroxylation is 2. The summed E-state index contributed by atoms with van der Waals surface area (Å²) in [4.78, 5) is 21.9. The molecule has 1 saturated carbocycles. The summed E-state index contributed by atoms with van der Waals surface area (Å²) in [5.41, 5.74) is 5.90. The van der Waals surface area contributed by atoms with Gasteiger partial charge in [-0.25, -0.2) is 8.42 Å². The van der Waals surface area contributed by atoms with Crippen LogP contribution in [0.4, 0.5) is 17.1 Å². The van der Waals surface area contributed by atoms with Gasteiger partial charge in [0.2, 0.25) is 0 Å². The lowest BCUT2D eigenvalue weighted by atomic mass is 10.1. The van der Waals surface area contributed by atoms with Gasteiger partial charge < -0.3 is 9.73 Å². The van der Waals surface area contributed by atoms with Crippen LogP contribution in [0.5, 0.6) is 0 Å². The maximum absolute atomic E-state index is 12.7. The standard InChI is InChI=1S/C26H27N3O4S/c1-14-9-24(33-16(14)3)18-7-8-20(25(11-18)34(4,31)32)29-22-12-19(13-23(30)17-5-6-17)28-21-10-15(2)27-26(21)22/h7-9,11-12,17H,5-6,10,13H2,1-4H3,(H,28,29). The minimum absolute atomic E-state index is 0.155. The Balaban J connectivity index is 1.55. The minimum atomic E-state index is -3.55. The number of carbonyl (C=O) groups is 1. The molecule has 5 rings (SSSR count). The van der Waals surface area contributed by atoms with E-state index in [-0.39, 0.29) is 23.0 Å². The zero-order valence-corrected chi connectivity index (χ0v) is 20.5. The van der Waals surface area contributed by atoms with Crippen LogP contribution in [0.3, 0.4) is 0 Å². The van der Waals surface area contributed by atoms with Gasteiger partial charge >= 0.3 is 0 Å². The van der Waals surface area contributed by atoms with Crippen molar-refractivity contribution >= 4 is 38.4 Å². The number of furan rings is 1. The van der Waals surface area contributed by atoms with Crippen LogP contribution in [-0.4, -0.2) is 31.2 Å². The summed E-state index contributed by atoms with van der Waals surface area (Å²) >= 11 is 0. The first-order valence-electron chi connectivity index (χ1n) is 11.4. The number of hydrogen-bond acceptors (Lipinski definition) is 7. The van der Waals surface area contributed by atoms with Crippen molar-refractivity contribution in [1.29, 1.82) is 0 Å². The fourth-order valence-corrected chi connectivity index (χ4v) is 5.09. The Morgan fingerprint density at radius 3 is 2.53 bits per heavy atom. The van der Waals surface area contributed by atoms with Crippen LogP contribution >= 0.6 is 0 Å². The number of fused-ring (bicyclic) bond motifs is 1. The van der Waals surface area contributed by atoms with E-state index in [1.54, 1.807) is 12.1 Å². The Morgan fingerprint density at radius 1 is 1.12 bits per heavy atom. The number of pyridine rings is 1. The summed E-state index contributed by atoms with van der Waals surface area (Å²) in [6.07, 6.45) is 3.99. The molecule has 34 heavy (non-hydrogen) atoms. The van der Waals surface area contributed by atoms with E-state index in [0.29, 0.717) is 40.5 Å². The lowest BCUT2D eigenvalue weighted by molar-refractivity contribution is -0.119. The number of ketones is 1. The average Bonchev–Trinajstić information content (AvgIpc) is 3.47. The maximum Gasteiger partial charge on any atom is 0.177 e. The molecule has 1 aliphatic carbocycles. The molecule has 3 heterocycles. The van der Waals surface area contributed by atoms with Crippen LogP contribution in [0.15, 0.2) is 44.6 Å². The van der Waals surface area contributed by atoms with Crippen LogP contribution < -0.4 is 5.32 Å². The third-order valence-electron chi connectivity index (χ3n) is 6.33. The predicted molar refractivity (Wildman–Crippen MR) is 132 cm³/mol. The Labute approximate surface area is 199 Å². The number of aromatic nitrogens is 1. The van der Waals surface area contributed by atoms with Crippen LogP contribution in [-0.2, 0) is 27.5 Å². The molecule has 0 unspecified atom stereocenters. The number of anilines is 2. The second kappa shape index (κ2) is 8.20. The Bertz CT molecular complexity index is 1440. The van der Waals surface area contributed by atoms with Crippen molar-refractivity contribution in [3.05, 3.63) is 53.0 Å². The number of nitrogens with zero attached hydrogens (tertiary/aromatic N) is 2. The Hall–Kier alpha value is -3.26. The van der Waals surface area contributed by atoms with Gasteiger partial charge in [0.05, 0.1) is 27.7 Å². The molecule has 2 aliphatic rings. The molecule has 0 bridgehead atoms. The van der Waals surface area contributed by atoms with Crippen molar-refractivity contribution in [3.8, 4) is 11.3 Å². The number of sulfone groups is 1. The van der Waals surface area contributed by atoms with E-state index in [1.807, 2.05) is 39.0 Å². The molecule has 2 aromatic heterocycles. The van der Waals surface area contributed by atoms with E-state index in [4.69, 9.17) is 4.42 Å². The van der Waals surface area contributed by atoms with Gasteiger partial charge in [0.25, 0.3) is 0 Å². The van der Waals surface area contributed by atoms with Crippen molar-refractivity contribution in [2.24, 2.45) is 10.9 Å². The Kier molecular flexibility index (Phi) is 5.43. The summed E-state index contributed by atoms with van der Waals surface area (Å²) < 4.78 is 31.3. The lowest BCUT2D eigenvalue weighted by Gasteiger charge is -2.15. The quantitative estimate of drug-likeness (QED) is 0.497. The number of carbonyl (C=O) groups excluding carboxylic acids is 1. The van der Waals surface area contributed by atoms with E-state index < -0.39 is 9.84 Å². The fraction of sp³-hybridized carbons (Fsp3) is 0.346. The molecule has 1 N–H and O–H groups in total. The second-order valence-corrected chi connectivity index (χ2v) is 11.3. The van der Waals surface area contributed by atoms with Gasteiger partial charge in [0.1, 0.15) is 23.0 Å². The highest BCUT2D eigenvalue weighted by Gasteiger charge is 2.30. The van der Waals surface area contributed by atoms with E-state index in [1.165, 1.54) is 6.26 Å².